The van der Waals surface area contributed by atoms with Gasteiger partial charge in [-0.3, -0.25) is 0 Å². The molecule has 0 saturated carbocycles. The number of thiophene rings is 1. The minimum Gasteiger partial charge on any atom is -0.478 e. The molecule has 0 bridgehead atoms. The third-order valence-corrected chi connectivity index (χ3v) is 4.39. The molecule has 0 fully saturated rings. The average Bonchev–Trinajstić information content (AvgIpc) is 2.89. The Balaban J connectivity index is 1.77. The zero-order valence-electron chi connectivity index (χ0n) is 11.1. The fourth-order valence-corrected chi connectivity index (χ4v) is 3.53. The van der Waals surface area contributed by atoms with E-state index >= 15 is 0 Å². The third-order valence-electron chi connectivity index (χ3n) is 3.39. The van der Waals surface area contributed by atoms with E-state index in [0.29, 0.717) is 18.5 Å². The van der Waals surface area contributed by atoms with Crippen LogP contribution in [-0.4, -0.2) is 11.6 Å². The maximum absolute atomic E-state index is 5.44. The van der Waals surface area contributed by atoms with Gasteiger partial charge in [-0.2, -0.15) is 4.98 Å². The number of fused-ring (bicyclic) bond motifs is 1. The summed E-state index contributed by atoms with van der Waals surface area (Å²) in [7, 11) is 0. The lowest BCUT2D eigenvalue weighted by molar-refractivity contribution is 0.327. The van der Waals surface area contributed by atoms with Crippen LogP contribution >= 0.6 is 11.3 Å². The monoisotopic (exact) mass is 274 g/mol. The summed E-state index contributed by atoms with van der Waals surface area (Å²) in [6.07, 6.45) is 3.64. The standard InChI is InChI=1S/C15H18N2OS/c1-2-18-15-8-4-7-14(17-15)16-12-5-3-6-13-11(12)9-10-19-13/h4,7-10,12H,2-3,5-6H2,1H3,(H,16,17). The Hall–Kier alpha value is -1.55. The van der Waals surface area contributed by atoms with Gasteiger partial charge < -0.3 is 10.1 Å². The van der Waals surface area contributed by atoms with Crippen molar-refractivity contribution in [2.24, 2.45) is 0 Å². The van der Waals surface area contributed by atoms with Crippen molar-refractivity contribution in [3.05, 3.63) is 40.1 Å². The van der Waals surface area contributed by atoms with Crippen molar-refractivity contribution in [1.29, 1.82) is 0 Å². The molecule has 0 spiro atoms. The van der Waals surface area contributed by atoms with Gasteiger partial charge in [-0.1, -0.05) is 6.07 Å². The van der Waals surface area contributed by atoms with E-state index in [2.05, 4.69) is 21.7 Å². The minimum atomic E-state index is 0.388. The molecule has 2 heterocycles. The van der Waals surface area contributed by atoms with Crippen molar-refractivity contribution < 1.29 is 4.74 Å². The van der Waals surface area contributed by atoms with E-state index in [-0.39, 0.29) is 0 Å². The molecule has 1 aliphatic rings. The zero-order valence-corrected chi connectivity index (χ0v) is 11.9. The van der Waals surface area contributed by atoms with Gasteiger partial charge in [0, 0.05) is 10.9 Å². The van der Waals surface area contributed by atoms with Crippen LogP contribution in [0, 0.1) is 0 Å². The first-order valence-corrected chi connectivity index (χ1v) is 7.67. The van der Waals surface area contributed by atoms with Gasteiger partial charge in [0.2, 0.25) is 5.88 Å². The SMILES string of the molecule is CCOc1cccc(NC2CCCc3sccc32)n1. The van der Waals surface area contributed by atoms with Crippen LogP contribution in [0.15, 0.2) is 29.6 Å². The van der Waals surface area contributed by atoms with Crippen LogP contribution < -0.4 is 10.1 Å². The number of aromatic nitrogens is 1. The highest BCUT2D eigenvalue weighted by atomic mass is 32.1. The Bertz CT molecular complexity index is 553. The van der Waals surface area contributed by atoms with Crippen molar-refractivity contribution in [1.82, 2.24) is 4.98 Å². The number of nitrogens with zero attached hydrogens (tertiary/aromatic N) is 1. The molecule has 0 aromatic carbocycles. The van der Waals surface area contributed by atoms with Crippen LogP contribution in [-0.2, 0) is 6.42 Å². The number of pyridine rings is 1. The Kier molecular flexibility index (Phi) is 3.69. The normalized spacial score (nSPS) is 17.8. The van der Waals surface area contributed by atoms with E-state index in [0.717, 1.165) is 5.82 Å². The lowest BCUT2D eigenvalue weighted by Gasteiger charge is -2.24. The molecule has 4 heteroatoms. The summed E-state index contributed by atoms with van der Waals surface area (Å²) in [4.78, 5) is 6.00. The van der Waals surface area contributed by atoms with Gasteiger partial charge in [0.1, 0.15) is 5.82 Å². The molecule has 3 nitrogen and oxygen atoms in total. The summed E-state index contributed by atoms with van der Waals surface area (Å²) in [5, 5.41) is 5.73. The Morgan fingerprint density at radius 3 is 3.26 bits per heavy atom. The number of hydrogen-bond donors (Lipinski definition) is 1. The van der Waals surface area contributed by atoms with Gasteiger partial charge in [0.15, 0.2) is 0 Å². The van der Waals surface area contributed by atoms with Crippen molar-refractivity contribution in [2.75, 3.05) is 11.9 Å². The topological polar surface area (TPSA) is 34.1 Å². The molecule has 0 aliphatic heterocycles. The molecule has 2 aromatic heterocycles. The fraction of sp³-hybridized carbons (Fsp3) is 0.400. The molecule has 2 aromatic rings. The maximum Gasteiger partial charge on any atom is 0.215 e. The van der Waals surface area contributed by atoms with Crippen LogP contribution in [0.5, 0.6) is 5.88 Å². The Morgan fingerprint density at radius 1 is 1.42 bits per heavy atom. The molecular weight excluding hydrogens is 256 g/mol. The third kappa shape index (κ3) is 2.73. The van der Waals surface area contributed by atoms with Crippen LogP contribution in [0.1, 0.15) is 36.2 Å². The summed E-state index contributed by atoms with van der Waals surface area (Å²) < 4.78 is 5.44. The van der Waals surface area contributed by atoms with Crippen LogP contribution in [0.4, 0.5) is 5.82 Å². The van der Waals surface area contributed by atoms with Crippen molar-refractivity contribution >= 4 is 17.2 Å². The second-order valence-corrected chi connectivity index (χ2v) is 5.68. The number of rotatable bonds is 4. The molecule has 0 amide bonds. The first-order chi connectivity index (χ1) is 9.36. The van der Waals surface area contributed by atoms with Gasteiger partial charge in [-0.05, 0) is 49.3 Å². The molecular formula is C15H18N2OS. The predicted octanol–water partition coefficient (Wildman–Crippen LogP) is 4.03. The molecule has 0 radical (unpaired) electrons. The molecule has 1 unspecified atom stereocenters. The zero-order chi connectivity index (χ0) is 13.1. The van der Waals surface area contributed by atoms with E-state index in [1.807, 2.05) is 36.5 Å². The van der Waals surface area contributed by atoms with E-state index in [4.69, 9.17) is 4.74 Å². The van der Waals surface area contributed by atoms with Crippen molar-refractivity contribution in [3.63, 3.8) is 0 Å². The lowest BCUT2D eigenvalue weighted by atomic mass is 9.94. The number of aryl methyl sites for hydroxylation is 1. The summed E-state index contributed by atoms with van der Waals surface area (Å²) in [5.41, 5.74) is 1.44. The van der Waals surface area contributed by atoms with E-state index < -0.39 is 0 Å². The lowest BCUT2D eigenvalue weighted by Crippen LogP contribution is -2.16. The summed E-state index contributed by atoms with van der Waals surface area (Å²) in [6, 6.07) is 8.51. The van der Waals surface area contributed by atoms with Gasteiger partial charge in [0.25, 0.3) is 0 Å². The quantitative estimate of drug-likeness (QED) is 0.914. The summed E-state index contributed by atoms with van der Waals surface area (Å²) >= 11 is 1.87. The van der Waals surface area contributed by atoms with Gasteiger partial charge in [0.05, 0.1) is 12.6 Å². The van der Waals surface area contributed by atoms with Crippen LogP contribution in [0.25, 0.3) is 0 Å². The van der Waals surface area contributed by atoms with Crippen molar-refractivity contribution in [3.8, 4) is 5.88 Å². The highest BCUT2D eigenvalue weighted by Crippen LogP contribution is 2.35. The average molecular weight is 274 g/mol. The van der Waals surface area contributed by atoms with Crippen LogP contribution in [0.3, 0.4) is 0 Å². The highest BCUT2D eigenvalue weighted by molar-refractivity contribution is 7.10. The molecule has 1 aliphatic carbocycles. The second kappa shape index (κ2) is 5.61. The Labute approximate surface area is 117 Å². The first-order valence-electron chi connectivity index (χ1n) is 6.79. The Morgan fingerprint density at radius 2 is 2.37 bits per heavy atom. The molecule has 19 heavy (non-hydrogen) atoms. The second-order valence-electron chi connectivity index (χ2n) is 4.68. The highest BCUT2D eigenvalue weighted by Gasteiger charge is 2.21. The number of anilines is 1. The largest absolute Gasteiger partial charge is 0.478 e. The number of nitrogens with one attached hydrogen (secondary N) is 1. The predicted molar refractivity (Wildman–Crippen MR) is 79.0 cm³/mol. The first kappa shape index (κ1) is 12.5. The number of ether oxygens (including phenoxy) is 1. The summed E-state index contributed by atoms with van der Waals surface area (Å²) in [5.74, 6) is 1.59. The van der Waals surface area contributed by atoms with E-state index in [1.165, 1.54) is 29.7 Å². The van der Waals surface area contributed by atoms with E-state index in [1.54, 1.807) is 0 Å². The molecule has 100 valence electrons. The minimum absolute atomic E-state index is 0.388. The van der Waals surface area contributed by atoms with E-state index in [9.17, 15) is 0 Å². The maximum atomic E-state index is 5.44. The smallest absolute Gasteiger partial charge is 0.215 e. The number of hydrogen-bond acceptors (Lipinski definition) is 4. The molecule has 1 atom stereocenters. The van der Waals surface area contributed by atoms with Crippen molar-refractivity contribution in [2.45, 2.75) is 32.2 Å². The van der Waals surface area contributed by atoms with Gasteiger partial charge in [-0.25, -0.2) is 0 Å². The fourth-order valence-electron chi connectivity index (χ4n) is 2.54. The molecule has 1 N–H and O–H groups in total. The molecule has 3 rings (SSSR count). The van der Waals surface area contributed by atoms with Crippen LogP contribution in [0.2, 0.25) is 0 Å². The molecule has 0 saturated heterocycles. The summed E-state index contributed by atoms with van der Waals surface area (Å²) in [6.45, 7) is 2.62. The van der Waals surface area contributed by atoms with Gasteiger partial charge >= 0.3 is 0 Å². The van der Waals surface area contributed by atoms with Gasteiger partial charge in [-0.15, -0.1) is 11.3 Å².